The molecule has 2 aromatic carbocycles. The fraction of sp³-hybridized carbons (Fsp3) is 0.304. The van der Waals surface area contributed by atoms with Gasteiger partial charge < -0.3 is 15.0 Å². The van der Waals surface area contributed by atoms with E-state index in [1.165, 1.54) is 0 Å². The standard InChI is InChI=1S/C23H25N5O3S/c1-14(2)11-27-20-8-7-15(19-13-32-23(30)28(26-19)12-21(24)29)10-18(20)25-22(27)16-5-4-6-17(9-16)31-3/h4-10,14H,11-13H2,1-3H3,(H2,24,29). The predicted molar refractivity (Wildman–Crippen MR) is 127 cm³/mol. The van der Waals surface area contributed by atoms with Crippen LogP contribution in [0.15, 0.2) is 47.6 Å². The lowest BCUT2D eigenvalue weighted by Gasteiger charge is -2.21. The highest BCUT2D eigenvalue weighted by Crippen LogP contribution is 2.30. The third-order valence-corrected chi connectivity index (χ3v) is 5.92. The van der Waals surface area contributed by atoms with Crippen LogP contribution in [0.1, 0.15) is 19.4 Å². The summed E-state index contributed by atoms with van der Waals surface area (Å²) in [5.41, 5.74) is 9.65. The molecule has 2 heterocycles. The van der Waals surface area contributed by atoms with Gasteiger partial charge in [-0.1, -0.05) is 43.8 Å². The van der Waals surface area contributed by atoms with Gasteiger partial charge >= 0.3 is 5.24 Å². The lowest BCUT2D eigenvalue weighted by molar-refractivity contribution is -0.118. The summed E-state index contributed by atoms with van der Waals surface area (Å²) in [6.45, 7) is 4.93. The highest BCUT2D eigenvalue weighted by molar-refractivity contribution is 8.14. The summed E-state index contributed by atoms with van der Waals surface area (Å²) in [4.78, 5) is 28.2. The maximum atomic E-state index is 12.0. The molecule has 166 valence electrons. The Morgan fingerprint density at radius 1 is 1.22 bits per heavy atom. The molecule has 0 saturated carbocycles. The molecule has 0 unspecified atom stereocenters. The maximum Gasteiger partial charge on any atom is 0.302 e. The molecule has 1 aromatic heterocycles. The van der Waals surface area contributed by atoms with Crippen molar-refractivity contribution in [2.45, 2.75) is 20.4 Å². The van der Waals surface area contributed by atoms with E-state index in [1.807, 2.05) is 42.5 Å². The molecular weight excluding hydrogens is 426 g/mol. The van der Waals surface area contributed by atoms with Crippen molar-refractivity contribution >= 4 is 39.7 Å². The molecule has 32 heavy (non-hydrogen) atoms. The van der Waals surface area contributed by atoms with E-state index in [9.17, 15) is 9.59 Å². The molecule has 1 aliphatic heterocycles. The van der Waals surface area contributed by atoms with E-state index in [2.05, 4.69) is 23.5 Å². The quantitative estimate of drug-likeness (QED) is 0.590. The zero-order chi connectivity index (χ0) is 22.8. The summed E-state index contributed by atoms with van der Waals surface area (Å²) in [7, 11) is 1.65. The van der Waals surface area contributed by atoms with Crippen LogP contribution in [0.3, 0.4) is 0 Å². The summed E-state index contributed by atoms with van der Waals surface area (Å²) in [5.74, 6) is 1.91. The molecule has 0 saturated heterocycles. The molecule has 9 heteroatoms. The zero-order valence-corrected chi connectivity index (χ0v) is 19.1. The number of thioether (sulfide) groups is 1. The van der Waals surface area contributed by atoms with Gasteiger partial charge in [-0.15, -0.1) is 0 Å². The minimum atomic E-state index is -0.602. The Balaban J connectivity index is 1.79. The number of hydrazone groups is 1. The van der Waals surface area contributed by atoms with E-state index in [0.717, 1.165) is 57.0 Å². The second kappa shape index (κ2) is 9.04. The van der Waals surface area contributed by atoms with Crippen molar-refractivity contribution in [3.63, 3.8) is 0 Å². The number of methoxy groups -OCH3 is 1. The van der Waals surface area contributed by atoms with Gasteiger partial charge in [-0.2, -0.15) is 5.10 Å². The molecule has 0 fully saturated rings. The number of carbonyl (C=O) groups excluding carboxylic acids is 2. The summed E-state index contributed by atoms with van der Waals surface area (Å²) < 4.78 is 7.62. The SMILES string of the molecule is COc1cccc(-c2nc3cc(C4=NN(CC(N)=O)C(=O)SC4)ccc3n2CC(C)C)c1. The fourth-order valence-corrected chi connectivity index (χ4v) is 4.39. The van der Waals surface area contributed by atoms with E-state index in [0.29, 0.717) is 17.4 Å². The van der Waals surface area contributed by atoms with Gasteiger partial charge in [0.2, 0.25) is 5.91 Å². The van der Waals surface area contributed by atoms with Crippen LogP contribution in [0, 0.1) is 5.92 Å². The number of nitrogens with two attached hydrogens (primary N) is 1. The third-order valence-electron chi connectivity index (χ3n) is 5.05. The van der Waals surface area contributed by atoms with Gasteiger partial charge in [0.1, 0.15) is 18.1 Å². The number of ether oxygens (including phenoxy) is 1. The van der Waals surface area contributed by atoms with Crippen LogP contribution < -0.4 is 10.5 Å². The van der Waals surface area contributed by atoms with Crippen LogP contribution >= 0.6 is 11.8 Å². The number of rotatable bonds is 7. The van der Waals surface area contributed by atoms with Crippen molar-refractivity contribution in [1.29, 1.82) is 0 Å². The number of fused-ring (bicyclic) bond motifs is 1. The van der Waals surface area contributed by atoms with E-state index < -0.39 is 5.91 Å². The number of hydrogen-bond acceptors (Lipinski definition) is 6. The number of amides is 2. The summed E-state index contributed by atoms with van der Waals surface area (Å²) in [6.07, 6.45) is 0. The van der Waals surface area contributed by atoms with Gasteiger partial charge in [-0.3, -0.25) is 9.59 Å². The van der Waals surface area contributed by atoms with Crippen molar-refractivity contribution in [2.24, 2.45) is 16.8 Å². The Kier molecular flexibility index (Phi) is 6.18. The second-order valence-corrected chi connectivity index (χ2v) is 8.93. The maximum absolute atomic E-state index is 12.0. The third kappa shape index (κ3) is 4.47. The molecule has 0 bridgehead atoms. The normalized spacial score (nSPS) is 14.2. The van der Waals surface area contributed by atoms with Crippen molar-refractivity contribution in [2.75, 3.05) is 19.4 Å². The number of hydrogen-bond donors (Lipinski definition) is 1. The number of aromatic nitrogens is 2. The van der Waals surface area contributed by atoms with E-state index in [4.69, 9.17) is 15.5 Å². The monoisotopic (exact) mass is 451 g/mol. The number of benzene rings is 2. The highest BCUT2D eigenvalue weighted by atomic mass is 32.2. The van der Waals surface area contributed by atoms with Crippen molar-refractivity contribution in [1.82, 2.24) is 14.6 Å². The molecule has 2 amide bonds. The van der Waals surface area contributed by atoms with Crippen molar-refractivity contribution in [3.05, 3.63) is 48.0 Å². The van der Waals surface area contributed by atoms with Crippen LogP contribution in [0.25, 0.3) is 22.4 Å². The van der Waals surface area contributed by atoms with E-state index in [-0.39, 0.29) is 11.8 Å². The Morgan fingerprint density at radius 2 is 2.03 bits per heavy atom. The highest BCUT2D eigenvalue weighted by Gasteiger charge is 2.24. The molecule has 4 rings (SSSR count). The Bertz CT molecular complexity index is 1220. The fourth-order valence-electron chi connectivity index (χ4n) is 3.65. The predicted octanol–water partition coefficient (Wildman–Crippen LogP) is 3.73. The molecule has 0 spiro atoms. The van der Waals surface area contributed by atoms with Gasteiger partial charge in [-0.05, 0) is 30.2 Å². The minimum Gasteiger partial charge on any atom is -0.497 e. The van der Waals surface area contributed by atoms with Gasteiger partial charge in [0, 0.05) is 23.4 Å². The first-order valence-electron chi connectivity index (χ1n) is 10.3. The largest absolute Gasteiger partial charge is 0.497 e. The number of carbonyl (C=O) groups is 2. The van der Waals surface area contributed by atoms with Gasteiger partial charge in [-0.25, -0.2) is 9.99 Å². The first-order chi connectivity index (χ1) is 15.4. The molecular formula is C23H25N5O3S. The summed E-state index contributed by atoms with van der Waals surface area (Å²) >= 11 is 1.10. The van der Waals surface area contributed by atoms with Crippen molar-refractivity contribution < 1.29 is 14.3 Å². The van der Waals surface area contributed by atoms with Crippen molar-refractivity contribution in [3.8, 4) is 17.1 Å². The lowest BCUT2D eigenvalue weighted by Crippen LogP contribution is -2.36. The van der Waals surface area contributed by atoms with Crippen LogP contribution in [0.5, 0.6) is 5.75 Å². The van der Waals surface area contributed by atoms with Gasteiger partial charge in [0.25, 0.3) is 0 Å². The Labute approximate surface area is 190 Å². The molecule has 0 aliphatic carbocycles. The molecule has 0 radical (unpaired) electrons. The first-order valence-corrected chi connectivity index (χ1v) is 11.3. The first kappa shape index (κ1) is 21.9. The second-order valence-electron chi connectivity index (χ2n) is 8.00. The molecule has 1 aliphatic rings. The van der Waals surface area contributed by atoms with Crippen LogP contribution in [0.4, 0.5) is 4.79 Å². The zero-order valence-electron chi connectivity index (χ0n) is 18.2. The molecule has 0 atom stereocenters. The summed E-state index contributed by atoms with van der Waals surface area (Å²) in [5, 5.41) is 5.20. The van der Waals surface area contributed by atoms with Crippen LogP contribution in [0.2, 0.25) is 0 Å². The number of imidazole rings is 1. The van der Waals surface area contributed by atoms with E-state index in [1.54, 1.807) is 7.11 Å². The van der Waals surface area contributed by atoms with Crippen LogP contribution in [-0.2, 0) is 11.3 Å². The Morgan fingerprint density at radius 3 is 2.75 bits per heavy atom. The average Bonchev–Trinajstić information content (AvgIpc) is 3.12. The molecule has 3 aromatic rings. The summed E-state index contributed by atoms with van der Waals surface area (Å²) in [6, 6.07) is 13.9. The Hall–Kier alpha value is -3.33. The smallest absolute Gasteiger partial charge is 0.302 e. The lowest BCUT2D eigenvalue weighted by atomic mass is 10.1. The average molecular weight is 452 g/mol. The van der Waals surface area contributed by atoms with E-state index >= 15 is 0 Å². The topological polar surface area (TPSA) is 103 Å². The van der Waals surface area contributed by atoms with Gasteiger partial charge in [0.15, 0.2) is 0 Å². The molecule has 8 nitrogen and oxygen atoms in total. The minimum absolute atomic E-state index is 0.236. The van der Waals surface area contributed by atoms with Crippen LogP contribution in [-0.4, -0.2) is 50.8 Å². The number of nitrogens with zero attached hydrogens (tertiary/aromatic N) is 4. The number of primary amides is 1. The molecule has 2 N–H and O–H groups in total. The van der Waals surface area contributed by atoms with Gasteiger partial charge in [0.05, 0.1) is 23.9 Å².